The van der Waals surface area contributed by atoms with Crippen LogP contribution in [0.4, 0.5) is 0 Å². The summed E-state index contributed by atoms with van der Waals surface area (Å²) in [5.41, 5.74) is 5.37. The number of rotatable bonds is 7. The van der Waals surface area contributed by atoms with E-state index in [2.05, 4.69) is 5.32 Å². The van der Waals surface area contributed by atoms with Crippen LogP contribution in [0.5, 0.6) is 0 Å². The third-order valence-electron chi connectivity index (χ3n) is 3.60. The summed E-state index contributed by atoms with van der Waals surface area (Å²) in [7, 11) is 0. The van der Waals surface area contributed by atoms with Gasteiger partial charge in [-0.3, -0.25) is 4.79 Å². The van der Waals surface area contributed by atoms with Gasteiger partial charge in [0.25, 0.3) is 0 Å². The fourth-order valence-corrected chi connectivity index (χ4v) is 2.35. The maximum Gasteiger partial charge on any atom is 0.220 e. The number of carbonyl (C=O) groups is 1. The van der Waals surface area contributed by atoms with E-state index in [4.69, 9.17) is 5.73 Å². The largest absolute Gasteiger partial charge is 0.356 e. The van der Waals surface area contributed by atoms with Crippen LogP contribution < -0.4 is 11.1 Å². The number of hydrogen-bond acceptors (Lipinski definition) is 2. The molecule has 3 N–H and O–H groups in total. The standard InChI is InChI=1S/C12H22N2O/c13-7-1-2-12(15)14-8-11(9-3-4-9)10-5-6-10/h9-11H,1-8,13H2,(H,14,15). The van der Waals surface area contributed by atoms with Gasteiger partial charge in [0, 0.05) is 13.0 Å². The Morgan fingerprint density at radius 1 is 1.27 bits per heavy atom. The van der Waals surface area contributed by atoms with Gasteiger partial charge in [-0.25, -0.2) is 0 Å². The Balaban J connectivity index is 1.64. The highest BCUT2D eigenvalue weighted by Crippen LogP contribution is 2.48. The lowest BCUT2D eigenvalue weighted by molar-refractivity contribution is -0.121. The van der Waals surface area contributed by atoms with E-state index in [0.29, 0.717) is 13.0 Å². The van der Waals surface area contributed by atoms with Gasteiger partial charge in [0.15, 0.2) is 0 Å². The summed E-state index contributed by atoms with van der Waals surface area (Å²) >= 11 is 0. The molecule has 0 saturated heterocycles. The van der Waals surface area contributed by atoms with E-state index >= 15 is 0 Å². The minimum atomic E-state index is 0.187. The number of nitrogens with one attached hydrogen (secondary N) is 1. The first-order valence-electron chi connectivity index (χ1n) is 6.28. The fraction of sp³-hybridized carbons (Fsp3) is 0.917. The van der Waals surface area contributed by atoms with Gasteiger partial charge < -0.3 is 11.1 Å². The number of hydrogen-bond donors (Lipinski definition) is 2. The second kappa shape index (κ2) is 4.97. The van der Waals surface area contributed by atoms with E-state index in [-0.39, 0.29) is 5.91 Å². The molecule has 3 heteroatoms. The van der Waals surface area contributed by atoms with E-state index in [1.807, 2.05) is 0 Å². The van der Waals surface area contributed by atoms with E-state index in [1.165, 1.54) is 25.7 Å². The van der Waals surface area contributed by atoms with Crippen LogP contribution in [0.15, 0.2) is 0 Å². The second-order valence-electron chi connectivity index (χ2n) is 5.04. The van der Waals surface area contributed by atoms with Crippen molar-refractivity contribution in [1.29, 1.82) is 0 Å². The second-order valence-corrected chi connectivity index (χ2v) is 5.04. The first kappa shape index (κ1) is 10.9. The average molecular weight is 210 g/mol. The zero-order valence-corrected chi connectivity index (χ0v) is 9.37. The molecular weight excluding hydrogens is 188 g/mol. The van der Waals surface area contributed by atoms with Crippen molar-refractivity contribution in [3.8, 4) is 0 Å². The molecule has 0 heterocycles. The lowest BCUT2D eigenvalue weighted by Gasteiger charge is -2.16. The Kier molecular flexibility index (Phi) is 3.62. The first-order valence-corrected chi connectivity index (χ1v) is 6.28. The van der Waals surface area contributed by atoms with Gasteiger partial charge in [-0.05, 0) is 56.4 Å². The molecule has 0 aliphatic heterocycles. The molecule has 2 aliphatic rings. The van der Waals surface area contributed by atoms with E-state index < -0.39 is 0 Å². The maximum absolute atomic E-state index is 11.4. The highest BCUT2D eigenvalue weighted by molar-refractivity contribution is 5.75. The summed E-state index contributed by atoms with van der Waals surface area (Å²) in [6, 6.07) is 0. The molecular formula is C12H22N2O. The average Bonchev–Trinajstić information content (AvgIpc) is 3.05. The van der Waals surface area contributed by atoms with Gasteiger partial charge >= 0.3 is 0 Å². The Morgan fingerprint density at radius 3 is 2.33 bits per heavy atom. The van der Waals surface area contributed by atoms with Crippen LogP contribution in [0, 0.1) is 17.8 Å². The molecule has 0 radical (unpaired) electrons. The molecule has 3 nitrogen and oxygen atoms in total. The van der Waals surface area contributed by atoms with Crippen LogP contribution in [0.2, 0.25) is 0 Å². The monoisotopic (exact) mass is 210 g/mol. The molecule has 0 spiro atoms. The topological polar surface area (TPSA) is 55.1 Å². The van der Waals surface area contributed by atoms with Crippen LogP contribution in [0.3, 0.4) is 0 Å². The Hall–Kier alpha value is -0.570. The lowest BCUT2D eigenvalue weighted by atomic mass is 9.98. The predicted octanol–water partition coefficient (Wildman–Crippen LogP) is 1.28. The van der Waals surface area contributed by atoms with Crippen molar-refractivity contribution >= 4 is 5.91 Å². The van der Waals surface area contributed by atoms with Crippen molar-refractivity contribution in [3.63, 3.8) is 0 Å². The number of carbonyl (C=O) groups excluding carboxylic acids is 1. The fourth-order valence-electron chi connectivity index (χ4n) is 2.35. The Morgan fingerprint density at radius 2 is 1.87 bits per heavy atom. The summed E-state index contributed by atoms with van der Waals surface area (Å²) in [4.78, 5) is 11.4. The van der Waals surface area contributed by atoms with Crippen molar-refractivity contribution < 1.29 is 4.79 Å². The molecule has 0 atom stereocenters. The molecule has 0 unspecified atom stereocenters. The highest BCUT2D eigenvalue weighted by atomic mass is 16.1. The Labute approximate surface area is 91.8 Å². The molecule has 1 amide bonds. The first-order chi connectivity index (χ1) is 7.31. The van der Waals surface area contributed by atoms with Crippen LogP contribution in [-0.2, 0) is 4.79 Å². The normalized spacial score (nSPS) is 20.7. The van der Waals surface area contributed by atoms with Crippen molar-refractivity contribution in [3.05, 3.63) is 0 Å². The molecule has 86 valence electrons. The molecule has 0 bridgehead atoms. The van der Waals surface area contributed by atoms with Crippen molar-refractivity contribution in [2.24, 2.45) is 23.5 Å². The summed E-state index contributed by atoms with van der Waals surface area (Å²) in [5.74, 6) is 2.82. The quantitative estimate of drug-likeness (QED) is 0.665. The summed E-state index contributed by atoms with van der Waals surface area (Å²) < 4.78 is 0. The highest BCUT2D eigenvalue weighted by Gasteiger charge is 2.41. The van der Waals surface area contributed by atoms with E-state index in [0.717, 1.165) is 30.7 Å². The van der Waals surface area contributed by atoms with Crippen molar-refractivity contribution in [2.45, 2.75) is 38.5 Å². The summed E-state index contributed by atoms with van der Waals surface area (Å²) in [6.45, 7) is 1.53. The SMILES string of the molecule is NCCCC(=O)NCC(C1CC1)C1CC1. The van der Waals surface area contributed by atoms with Gasteiger partial charge in [0.2, 0.25) is 5.91 Å². The van der Waals surface area contributed by atoms with Crippen LogP contribution in [-0.4, -0.2) is 19.0 Å². The summed E-state index contributed by atoms with van der Waals surface area (Å²) in [6.07, 6.45) is 6.96. The molecule has 0 aromatic carbocycles. The van der Waals surface area contributed by atoms with Gasteiger partial charge in [0.1, 0.15) is 0 Å². The lowest BCUT2D eigenvalue weighted by Crippen LogP contribution is -2.31. The Bertz CT molecular complexity index is 210. The smallest absolute Gasteiger partial charge is 0.220 e. The molecule has 0 aromatic heterocycles. The van der Waals surface area contributed by atoms with Crippen LogP contribution >= 0.6 is 0 Å². The van der Waals surface area contributed by atoms with Gasteiger partial charge in [-0.15, -0.1) is 0 Å². The van der Waals surface area contributed by atoms with E-state index in [9.17, 15) is 4.79 Å². The van der Waals surface area contributed by atoms with Crippen molar-refractivity contribution in [1.82, 2.24) is 5.32 Å². The van der Waals surface area contributed by atoms with Gasteiger partial charge in [-0.1, -0.05) is 0 Å². The molecule has 2 saturated carbocycles. The minimum absolute atomic E-state index is 0.187. The van der Waals surface area contributed by atoms with E-state index in [1.54, 1.807) is 0 Å². The molecule has 15 heavy (non-hydrogen) atoms. The molecule has 2 fully saturated rings. The zero-order chi connectivity index (χ0) is 10.7. The third-order valence-corrected chi connectivity index (χ3v) is 3.60. The van der Waals surface area contributed by atoms with Gasteiger partial charge in [-0.2, -0.15) is 0 Å². The zero-order valence-electron chi connectivity index (χ0n) is 9.37. The molecule has 0 aromatic rings. The third kappa shape index (κ3) is 3.49. The van der Waals surface area contributed by atoms with Crippen LogP contribution in [0.25, 0.3) is 0 Å². The number of nitrogens with two attached hydrogens (primary N) is 1. The van der Waals surface area contributed by atoms with Gasteiger partial charge in [0.05, 0.1) is 0 Å². The number of amides is 1. The minimum Gasteiger partial charge on any atom is -0.356 e. The summed E-state index contributed by atoms with van der Waals surface area (Å²) in [5, 5.41) is 3.07. The maximum atomic E-state index is 11.4. The van der Waals surface area contributed by atoms with Crippen molar-refractivity contribution in [2.75, 3.05) is 13.1 Å². The molecule has 2 rings (SSSR count). The molecule has 2 aliphatic carbocycles. The van der Waals surface area contributed by atoms with Crippen LogP contribution in [0.1, 0.15) is 38.5 Å². The predicted molar refractivity (Wildman–Crippen MR) is 60.2 cm³/mol.